The first-order valence-corrected chi connectivity index (χ1v) is 9.51. The van der Waals surface area contributed by atoms with Crippen LogP contribution in [0.2, 0.25) is 0 Å². The monoisotopic (exact) mass is 322 g/mol. The van der Waals surface area contributed by atoms with Gasteiger partial charge in [-0.25, -0.2) is 0 Å². The van der Waals surface area contributed by atoms with Crippen molar-refractivity contribution in [3.8, 4) is 0 Å². The molecule has 2 rings (SSSR count). The van der Waals surface area contributed by atoms with Crippen LogP contribution in [0.4, 0.5) is 0 Å². The summed E-state index contributed by atoms with van der Waals surface area (Å²) in [6.07, 6.45) is 11.0. The average molecular weight is 322 g/mol. The first-order chi connectivity index (χ1) is 10.9. The molecule has 132 valence electrons. The van der Waals surface area contributed by atoms with E-state index in [1.807, 2.05) is 13.8 Å². The van der Waals surface area contributed by atoms with Crippen LogP contribution in [0, 0.1) is 17.8 Å². The summed E-state index contributed by atoms with van der Waals surface area (Å²) in [5.41, 5.74) is 0. The second kappa shape index (κ2) is 8.70. The maximum Gasteiger partial charge on any atom is 0.222 e. The summed E-state index contributed by atoms with van der Waals surface area (Å²) in [5.74, 6) is 2.07. The Morgan fingerprint density at radius 3 is 1.65 bits per heavy atom. The zero-order valence-electron chi connectivity index (χ0n) is 15.1. The highest BCUT2D eigenvalue weighted by atomic mass is 16.2. The molecule has 0 atom stereocenters. The molecule has 2 saturated carbocycles. The summed E-state index contributed by atoms with van der Waals surface area (Å²) in [5, 5.41) is 6.25. The lowest BCUT2D eigenvalue weighted by Gasteiger charge is -2.34. The Kier molecular flexibility index (Phi) is 6.91. The molecular formula is C19H34N2O2. The van der Waals surface area contributed by atoms with Crippen LogP contribution in [-0.4, -0.2) is 23.9 Å². The van der Waals surface area contributed by atoms with Gasteiger partial charge in [-0.15, -0.1) is 0 Å². The maximum atomic E-state index is 11.8. The number of carbonyl (C=O) groups is 2. The van der Waals surface area contributed by atoms with Gasteiger partial charge in [-0.1, -0.05) is 13.8 Å². The van der Waals surface area contributed by atoms with Crippen molar-refractivity contribution in [2.24, 2.45) is 17.8 Å². The molecule has 0 unspecified atom stereocenters. The molecule has 2 N–H and O–H groups in total. The summed E-state index contributed by atoms with van der Waals surface area (Å²) in [6, 6.07) is 0.808. The molecule has 2 aliphatic carbocycles. The largest absolute Gasteiger partial charge is 0.354 e. The minimum Gasteiger partial charge on any atom is -0.354 e. The normalized spacial score (nSPS) is 31.7. The molecule has 0 aliphatic heterocycles. The van der Waals surface area contributed by atoms with E-state index in [9.17, 15) is 9.59 Å². The molecule has 23 heavy (non-hydrogen) atoms. The molecule has 0 bridgehead atoms. The highest BCUT2D eigenvalue weighted by molar-refractivity contribution is 5.78. The van der Waals surface area contributed by atoms with Crippen LogP contribution in [0.3, 0.4) is 0 Å². The fourth-order valence-electron chi connectivity index (χ4n) is 4.21. The highest BCUT2D eigenvalue weighted by Gasteiger charge is 2.27. The molecular weight excluding hydrogens is 288 g/mol. The first kappa shape index (κ1) is 18.3. The molecule has 2 amide bonds. The molecule has 0 saturated heterocycles. The predicted molar refractivity (Wildman–Crippen MR) is 92.9 cm³/mol. The molecule has 0 heterocycles. The summed E-state index contributed by atoms with van der Waals surface area (Å²) < 4.78 is 0. The van der Waals surface area contributed by atoms with Crippen LogP contribution < -0.4 is 10.6 Å². The lowest BCUT2D eigenvalue weighted by atomic mass is 9.75. The lowest BCUT2D eigenvalue weighted by Crippen LogP contribution is -2.40. The van der Waals surface area contributed by atoms with E-state index in [1.165, 1.54) is 32.1 Å². The van der Waals surface area contributed by atoms with Crippen LogP contribution in [-0.2, 0) is 9.59 Å². The number of hydrogen-bond donors (Lipinski definition) is 2. The number of amides is 2. The molecule has 2 fully saturated rings. The maximum absolute atomic E-state index is 11.8. The molecule has 0 radical (unpaired) electrons. The Hall–Kier alpha value is -1.06. The smallest absolute Gasteiger partial charge is 0.222 e. The van der Waals surface area contributed by atoms with Gasteiger partial charge in [0.15, 0.2) is 0 Å². The van der Waals surface area contributed by atoms with Crippen molar-refractivity contribution >= 4 is 11.8 Å². The Balaban J connectivity index is 1.63. The van der Waals surface area contributed by atoms with E-state index in [0.717, 1.165) is 37.5 Å². The number of nitrogens with one attached hydrogen (secondary N) is 2. The van der Waals surface area contributed by atoms with Crippen molar-refractivity contribution in [3.63, 3.8) is 0 Å². The van der Waals surface area contributed by atoms with Gasteiger partial charge in [0, 0.05) is 24.9 Å². The van der Waals surface area contributed by atoms with Crippen LogP contribution >= 0.6 is 0 Å². The zero-order chi connectivity index (χ0) is 16.8. The third-order valence-corrected chi connectivity index (χ3v) is 5.64. The number of carbonyl (C=O) groups excluding carboxylic acids is 2. The first-order valence-electron chi connectivity index (χ1n) is 9.51. The van der Waals surface area contributed by atoms with Gasteiger partial charge in [-0.05, 0) is 69.6 Å². The summed E-state index contributed by atoms with van der Waals surface area (Å²) >= 11 is 0. The Morgan fingerprint density at radius 1 is 0.826 bits per heavy atom. The van der Waals surface area contributed by atoms with Crippen LogP contribution in [0.15, 0.2) is 0 Å². The minimum absolute atomic E-state index is 0.0894. The van der Waals surface area contributed by atoms with E-state index in [-0.39, 0.29) is 17.7 Å². The van der Waals surface area contributed by atoms with E-state index < -0.39 is 0 Å². The van der Waals surface area contributed by atoms with Crippen molar-refractivity contribution in [1.29, 1.82) is 0 Å². The van der Waals surface area contributed by atoms with E-state index in [2.05, 4.69) is 10.6 Å². The molecule has 2 aliphatic rings. The molecule has 0 aromatic carbocycles. The van der Waals surface area contributed by atoms with E-state index in [0.29, 0.717) is 12.1 Å². The van der Waals surface area contributed by atoms with Crippen molar-refractivity contribution in [2.45, 2.75) is 90.6 Å². The second-order valence-electron chi connectivity index (χ2n) is 8.03. The lowest BCUT2D eigenvalue weighted by molar-refractivity contribution is -0.125. The average Bonchev–Trinajstić information content (AvgIpc) is 2.50. The Labute approximate surface area is 141 Å². The highest BCUT2D eigenvalue weighted by Crippen LogP contribution is 2.35. The quantitative estimate of drug-likeness (QED) is 0.815. The van der Waals surface area contributed by atoms with Crippen molar-refractivity contribution < 1.29 is 9.59 Å². The van der Waals surface area contributed by atoms with Crippen LogP contribution in [0.1, 0.15) is 78.6 Å². The fraction of sp³-hybridized carbons (Fsp3) is 0.895. The molecule has 4 nitrogen and oxygen atoms in total. The zero-order valence-corrected chi connectivity index (χ0v) is 15.1. The van der Waals surface area contributed by atoms with E-state index in [4.69, 9.17) is 0 Å². The summed E-state index contributed by atoms with van der Waals surface area (Å²) in [6.45, 7) is 5.53. The van der Waals surface area contributed by atoms with Gasteiger partial charge in [0.1, 0.15) is 0 Å². The van der Waals surface area contributed by atoms with Gasteiger partial charge in [-0.2, -0.15) is 0 Å². The van der Waals surface area contributed by atoms with Gasteiger partial charge in [0.2, 0.25) is 11.8 Å². The predicted octanol–water partition coefficient (Wildman–Crippen LogP) is 3.40. The third kappa shape index (κ3) is 6.15. The van der Waals surface area contributed by atoms with Crippen LogP contribution in [0.25, 0.3) is 0 Å². The minimum atomic E-state index is 0.0894. The fourth-order valence-corrected chi connectivity index (χ4v) is 4.21. The summed E-state index contributed by atoms with van der Waals surface area (Å²) in [7, 11) is 0. The van der Waals surface area contributed by atoms with Crippen molar-refractivity contribution in [3.05, 3.63) is 0 Å². The summed E-state index contributed by atoms with van der Waals surface area (Å²) in [4.78, 5) is 22.9. The number of rotatable bonds is 5. The van der Waals surface area contributed by atoms with Crippen molar-refractivity contribution in [1.82, 2.24) is 10.6 Å². The van der Waals surface area contributed by atoms with Gasteiger partial charge < -0.3 is 10.6 Å². The topological polar surface area (TPSA) is 58.2 Å². The van der Waals surface area contributed by atoms with Crippen LogP contribution in [0.5, 0.6) is 0 Å². The third-order valence-electron chi connectivity index (χ3n) is 5.64. The Morgan fingerprint density at radius 2 is 1.26 bits per heavy atom. The van der Waals surface area contributed by atoms with Gasteiger partial charge in [0.25, 0.3) is 0 Å². The van der Waals surface area contributed by atoms with E-state index >= 15 is 0 Å². The standard InChI is InChI=1S/C19H34N2O2/c1-13(2)19(23)21-18-10-6-16(7-11-18)12-15-4-8-17(9-5-15)20-14(3)22/h13,15-18H,4-12H2,1-3H3,(H,20,22)(H,21,23). The second-order valence-corrected chi connectivity index (χ2v) is 8.03. The number of hydrogen-bond acceptors (Lipinski definition) is 2. The van der Waals surface area contributed by atoms with Gasteiger partial charge >= 0.3 is 0 Å². The van der Waals surface area contributed by atoms with E-state index in [1.54, 1.807) is 6.92 Å². The van der Waals surface area contributed by atoms with Gasteiger partial charge in [0.05, 0.1) is 0 Å². The molecule has 0 spiro atoms. The SMILES string of the molecule is CC(=O)NC1CCC(CC2CCC(NC(=O)C(C)C)CC2)CC1. The molecule has 0 aromatic rings. The molecule has 4 heteroatoms. The van der Waals surface area contributed by atoms with Gasteiger partial charge in [-0.3, -0.25) is 9.59 Å². The van der Waals surface area contributed by atoms with Crippen molar-refractivity contribution in [2.75, 3.05) is 0 Å². The Bertz CT molecular complexity index is 392. The molecule has 0 aromatic heterocycles.